The summed E-state index contributed by atoms with van der Waals surface area (Å²) in [5.41, 5.74) is 8.21. The predicted octanol–water partition coefficient (Wildman–Crippen LogP) is 6.43. The molecule has 0 saturated heterocycles. The maximum absolute atomic E-state index is 7.21. The fraction of sp³-hybridized carbons (Fsp3) is 1.00. The SMILES string of the molecule is CC[C@H]1CC2C(CCC3(C)C2CC[C@]3(N)CCCOC)C2(C)CC[C@@H](C)CC12. The molecule has 4 aliphatic rings. The van der Waals surface area contributed by atoms with Crippen LogP contribution in [0.2, 0.25) is 0 Å². The molecule has 162 valence electrons. The normalized spacial score (nSPS) is 53.4. The van der Waals surface area contributed by atoms with Gasteiger partial charge in [-0.15, -0.1) is 0 Å². The summed E-state index contributed by atoms with van der Waals surface area (Å²) in [6, 6.07) is 0. The second kappa shape index (κ2) is 7.56. The average Bonchev–Trinajstić information content (AvgIpc) is 2.93. The van der Waals surface area contributed by atoms with E-state index < -0.39 is 0 Å². The Bertz CT molecular complexity index is 563. The van der Waals surface area contributed by atoms with Crippen LogP contribution in [0.3, 0.4) is 0 Å². The molecule has 0 aromatic carbocycles. The van der Waals surface area contributed by atoms with E-state index in [1.54, 1.807) is 0 Å². The van der Waals surface area contributed by atoms with Gasteiger partial charge in [0.05, 0.1) is 0 Å². The van der Waals surface area contributed by atoms with Crippen LogP contribution in [-0.2, 0) is 4.74 Å². The van der Waals surface area contributed by atoms with E-state index >= 15 is 0 Å². The van der Waals surface area contributed by atoms with Gasteiger partial charge < -0.3 is 10.5 Å². The summed E-state index contributed by atoms with van der Waals surface area (Å²) in [7, 11) is 1.82. The van der Waals surface area contributed by atoms with Crippen molar-refractivity contribution in [2.45, 2.75) is 104 Å². The van der Waals surface area contributed by atoms with Crippen molar-refractivity contribution in [2.24, 2.45) is 52.1 Å². The predicted molar refractivity (Wildman–Crippen MR) is 118 cm³/mol. The van der Waals surface area contributed by atoms with Crippen molar-refractivity contribution < 1.29 is 4.74 Å². The Labute approximate surface area is 174 Å². The Hall–Kier alpha value is -0.0800. The molecule has 0 aromatic heterocycles. The number of fused-ring (bicyclic) bond motifs is 5. The molecule has 2 N–H and O–H groups in total. The summed E-state index contributed by atoms with van der Waals surface area (Å²) in [5, 5.41) is 0. The zero-order chi connectivity index (χ0) is 20.2. The minimum Gasteiger partial charge on any atom is -0.385 e. The minimum atomic E-state index is 0.0434. The van der Waals surface area contributed by atoms with Crippen molar-refractivity contribution in [2.75, 3.05) is 13.7 Å². The van der Waals surface area contributed by atoms with Gasteiger partial charge in [-0.2, -0.15) is 0 Å². The Kier molecular flexibility index (Phi) is 5.71. The van der Waals surface area contributed by atoms with Gasteiger partial charge in [-0.3, -0.25) is 0 Å². The topological polar surface area (TPSA) is 35.2 Å². The van der Waals surface area contributed by atoms with Crippen LogP contribution in [0.15, 0.2) is 0 Å². The monoisotopic (exact) mass is 389 g/mol. The van der Waals surface area contributed by atoms with Crippen LogP contribution in [0, 0.1) is 46.3 Å². The first-order valence-corrected chi connectivity index (χ1v) is 12.6. The summed E-state index contributed by atoms with van der Waals surface area (Å²) in [6.07, 6.45) is 15.1. The van der Waals surface area contributed by atoms with E-state index in [4.69, 9.17) is 10.5 Å². The highest BCUT2D eigenvalue weighted by atomic mass is 16.5. The third-order valence-electron chi connectivity index (χ3n) is 11.0. The molecule has 2 heteroatoms. The van der Waals surface area contributed by atoms with Crippen molar-refractivity contribution in [1.29, 1.82) is 0 Å². The molecule has 4 aliphatic carbocycles. The molecule has 6 unspecified atom stereocenters. The van der Waals surface area contributed by atoms with Gasteiger partial charge in [-0.05, 0) is 104 Å². The van der Waals surface area contributed by atoms with Crippen molar-refractivity contribution in [1.82, 2.24) is 0 Å². The number of nitrogens with two attached hydrogens (primary N) is 1. The van der Waals surface area contributed by atoms with E-state index in [0.29, 0.717) is 10.8 Å². The molecule has 4 fully saturated rings. The van der Waals surface area contributed by atoms with Crippen LogP contribution in [0.1, 0.15) is 98.3 Å². The Morgan fingerprint density at radius 3 is 2.43 bits per heavy atom. The molecule has 28 heavy (non-hydrogen) atoms. The third-order valence-corrected chi connectivity index (χ3v) is 11.0. The van der Waals surface area contributed by atoms with E-state index in [-0.39, 0.29) is 5.54 Å². The van der Waals surface area contributed by atoms with E-state index in [2.05, 4.69) is 27.7 Å². The summed E-state index contributed by atoms with van der Waals surface area (Å²) in [4.78, 5) is 0. The van der Waals surface area contributed by atoms with Crippen molar-refractivity contribution in [3.8, 4) is 0 Å². The number of methoxy groups -OCH3 is 1. The molecule has 0 spiro atoms. The first-order valence-electron chi connectivity index (χ1n) is 12.6. The number of hydrogen-bond donors (Lipinski definition) is 1. The Balaban J connectivity index is 1.60. The highest BCUT2D eigenvalue weighted by Crippen LogP contribution is 2.69. The largest absolute Gasteiger partial charge is 0.385 e. The lowest BCUT2D eigenvalue weighted by Crippen LogP contribution is -2.60. The van der Waals surface area contributed by atoms with Crippen LogP contribution in [0.4, 0.5) is 0 Å². The van der Waals surface area contributed by atoms with Crippen LogP contribution in [0.25, 0.3) is 0 Å². The highest BCUT2D eigenvalue weighted by Gasteiger charge is 2.64. The van der Waals surface area contributed by atoms with E-state index in [1.165, 1.54) is 57.8 Å². The van der Waals surface area contributed by atoms with Gasteiger partial charge in [-0.25, -0.2) is 0 Å². The smallest absolute Gasteiger partial charge is 0.0462 e. The molecule has 0 amide bonds. The van der Waals surface area contributed by atoms with Crippen molar-refractivity contribution in [3.05, 3.63) is 0 Å². The molecule has 4 saturated carbocycles. The Morgan fingerprint density at radius 2 is 1.71 bits per heavy atom. The summed E-state index contributed by atoms with van der Waals surface area (Å²) < 4.78 is 5.36. The molecule has 0 aromatic rings. The number of hydrogen-bond acceptors (Lipinski definition) is 2. The zero-order valence-corrected chi connectivity index (χ0v) is 19.4. The lowest BCUT2D eigenvalue weighted by Gasteiger charge is -2.64. The van der Waals surface area contributed by atoms with Crippen molar-refractivity contribution in [3.63, 3.8) is 0 Å². The van der Waals surface area contributed by atoms with Gasteiger partial charge in [0.2, 0.25) is 0 Å². The van der Waals surface area contributed by atoms with Crippen LogP contribution in [0.5, 0.6) is 0 Å². The van der Waals surface area contributed by atoms with E-state index in [1.807, 2.05) is 7.11 Å². The molecule has 2 nitrogen and oxygen atoms in total. The highest BCUT2D eigenvalue weighted by molar-refractivity contribution is 5.16. The second-order valence-corrected chi connectivity index (χ2v) is 12.0. The summed E-state index contributed by atoms with van der Waals surface area (Å²) in [5.74, 6) is 5.65. The fourth-order valence-corrected chi connectivity index (χ4v) is 9.27. The molecular formula is C26H47NO. The van der Waals surface area contributed by atoms with Gasteiger partial charge in [0.15, 0.2) is 0 Å². The lowest BCUT2D eigenvalue weighted by molar-refractivity contribution is -0.144. The number of ether oxygens (including phenoxy) is 1. The molecular weight excluding hydrogens is 342 g/mol. The van der Waals surface area contributed by atoms with Gasteiger partial charge in [0.25, 0.3) is 0 Å². The third kappa shape index (κ3) is 3.03. The van der Waals surface area contributed by atoms with Crippen molar-refractivity contribution >= 4 is 0 Å². The van der Waals surface area contributed by atoms with Gasteiger partial charge in [-0.1, -0.05) is 40.5 Å². The van der Waals surface area contributed by atoms with Crippen LogP contribution >= 0.6 is 0 Å². The minimum absolute atomic E-state index is 0.0434. The lowest BCUT2D eigenvalue weighted by atomic mass is 9.41. The first kappa shape index (κ1) is 21.2. The number of rotatable bonds is 5. The van der Waals surface area contributed by atoms with E-state index in [0.717, 1.165) is 55.0 Å². The van der Waals surface area contributed by atoms with Crippen LogP contribution in [-0.4, -0.2) is 19.3 Å². The fourth-order valence-electron chi connectivity index (χ4n) is 9.27. The summed E-state index contributed by atoms with van der Waals surface area (Å²) >= 11 is 0. The van der Waals surface area contributed by atoms with E-state index in [9.17, 15) is 0 Å². The quantitative estimate of drug-likeness (QED) is 0.550. The first-order chi connectivity index (χ1) is 13.3. The van der Waals surface area contributed by atoms with Crippen LogP contribution < -0.4 is 5.73 Å². The van der Waals surface area contributed by atoms with Gasteiger partial charge in [0.1, 0.15) is 0 Å². The Morgan fingerprint density at radius 1 is 0.964 bits per heavy atom. The standard InChI is InChI=1S/C26H47NO/c1-6-19-17-20-21(24(3)12-8-18(2)16-23(19)24)9-13-25(4)22(20)10-14-26(25,27)11-7-15-28-5/h18-23H,6-17,27H2,1-5H3/t18-,19+,20?,21?,22?,23?,24?,25?,26-/m1/s1. The zero-order valence-electron chi connectivity index (χ0n) is 19.4. The molecule has 0 aliphatic heterocycles. The van der Waals surface area contributed by atoms with Gasteiger partial charge >= 0.3 is 0 Å². The molecule has 0 radical (unpaired) electrons. The van der Waals surface area contributed by atoms with Gasteiger partial charge in [0, 0.05) is 19.3 Å². The maximum Gasteiger partial charge on any atom is 0.0462 e. The molecule has 0 heterocycles. The molecule has 4 rings (SSSR count). The molecule has 0 bridgehead atoms. The maximum atomic E-state index is 7.21. The second-order valence-electron chi connectivity index (χ2n) is 12.0. The average molecular weight is 390 g/mol. The molecule has 9 atom stereocenters. The summed E-state index contributed by atoms with van der Waals surface area (Å²) in [6.45, 7) is 11.2.